The summed E-state index contributed by atoms with van der Waals surface area (Å²) in [6.45, 7) is 0. The molecule has 74 valence electrons. The van der Waals surface area contributed by atoms with Crippen molar-refractivity contribution in [3.05, 3.63) is 11.5 Å². The first kappa shape index (κ1) is 12.0. The Morgan fingerprint density at radius 2 is 2.00 bits per heavy atom. The number of ether oxygens (including phenoxy) is 2. The molecule has 0 spiro atoms. The van der Waals surface area contributed by atoms with E-state index in [2.05, 4.69) is 9.47 Å². The van der Waals surface area contributed by atoms with Gasteiger partial charge in [-0.1, -0.05) is 0 Å². The van der Waals surface area contributed by atoms with Gasteiger partial charge in [0.15, 0.2) is 0 Å². The smallest absolute Gasteiger partial charge is 0.330 e. The summed E-state index contributed by atoms with van der Waals surface area (Å²) < 4.78 is 8.80. The third-order valence-electron chi connectivity index (χ3n) is 1.15. The van der Waals surface area contributed by atoms with Crippen LogP contribution >= 0.6 is 11.8 Å². The van der Waals surface area contributed by atoms with Crippen molar-refractivity contribution in [3.8, 4) is 0 Å². The summed E-state index contributed by atoms with van der Waals surface area (Å²) in [5.41, 5.74) is 0. The number of hydrogen-bond acceptors (Lipinski definition) is 5. The van der Waals surface area contributed by atoms with E-state index in [1.54, 1.807) is 5.41 Å². The van der Waals surface area contributed by atoms with Crippen molar-refractivity contribution in [2.24, 2.45) is 0 Å². The van der Waals surface area contributed by atoms with E-state index < -0.39 is 5.97 Å². The van der Waals surface area contributed by atoms with Crippen LogP contribution in [0, 0.1) is 0 Å². The normalized spacial score (nSPS) is 10.0. The molecule has 0 unspecified atom stereocenters. The summed E-state index contributed by atoms with van der Waals surface area (Å²) in [4.78, 5) is 21.2. The minimum absolute atomic E-state index is 0.251. The van der Waals surface area contributed by atoms with Crippen LogP contribution in [0.3, 0.4) is 0 Å². The predicted octanol–water partition coefficient (Wildman–Crippen LogP) is 0.969. The molecule has 0 aliphatic heterocycles. The minimum atomic E-state index is -0.398. The average Bonchev–Trinajstić information content (AvgIpc) is 2.16. The summed E-state index contributed by atoms with van der Waals surface area (Å²) >= 11 is 1.36. The lowest BCUT2D eigenvalue weighted by Gasteiger charge is -1.95. The summed E-state index contributed by atoms with van der Waals surface area (Å²) in [7, 11) is 2.66. The summed E-state index contributed by atoms with van der Waals surface area (Å²) in [5, 5.41) is 1.59. The van der Waals surface area contributed by atoms with Gasteiger partial charge in [0.05, 0.1) is 20.6 Å². The van der Waals surface area contributed by atoms with Crippen LogP contribution in [0.5, 0.6) is 0 Å². The maximum absolute atomic E-state index is 10.6. The second-order valence-corrected chi connectivity index (χ2v) is 3.04. The molecule has 0 heterocycles. The van der Waals surface area contributed by atoms with Gasteiger partial charge in [0.2, 0.25) is 0 Å². The predicted molar refractivity (Wildman–Crippen MR) is 50.2 cm³/mol. The van der Waals surface area contributed by atoms with Gasteiger partial charge in [-0.3, -0.25) is 4.79 Å². The van der Waals surface area contributed by atoms with E-state index in [0.29, 0.717) is 12.2 Å². The van der Waals surface area contributed by atoms with Gasteiger partial charge in [-0.2, -0.15) is 0 Å². The molecule has 0 atom stereocenters. The molecule has 0 aromatic carbocycles. The molecule has 0 radical (unpaired) electrons. The second kappa shape index (κ2) is 7.67. The highest BCUT2D eigenvalue weighted by molar-refractivity contribution is 8.02. The Balaban J connectivity index is 3.40. The maximum atomic E-state index is 10.6. The molecule has 0 saturated heterocycles. The molecular weight excluding hydrogens is 192 g/mol. The van der Waals surface area contributed by atoms with Gasteiger partial charge in [0.25, 0.3) is 0 Å². The molecular formula is C8H12O4S. The van der Waals surface area contributed by atoms with E-state index in [1.165, 1.54) is 32.1 Å². The Bertz CT molecular complexity index is 200. The number of hydrogen-bond donors (Lipinski definition) is 0. The third kappa shape index (κ3) is 7.39. The van der Waals surface area contributed by atoms with E-state index in [9.17, 15) is 9.59 Å². The van der Waals surface area contributed by atoms with Crippen molar-refractivity contribution in [1.82, 2.24) is 0 Å². The summed E-state index contributed by atoms with van der Waals surface area (Å²) in [5.74, 6) is -0.0512. The quantitative estimate of drug-likeness (QED) is 0.379. The number of thioether (sulfide) groups is 1. The van der Waals surface area contributed by atoms with Gasteiger partial charge in [0, 0.05) is 11.8 Å². The van der Waals surface area contributed by atoms with Gasteiger partial charge < -0.3 is 9.47 Å². The van der Waals surface area contributed by atoms with Crippen LogP contribution in [0.4, 0.5) is 0 Å². The highest BCUT2D eigenvalue weighted by atomic mass is 32.2. The lowest BCUT2D eigenvalue weighted by molar-refractivity contribution is -0.140. The van der Waals surface area contributed by atoms with Crippen LogP contribution in [0.2, 0.25) is 0 Å². The Hall–Kier alpha value is -0.970. The van der Waals surface area contributed by atoms with Crippen molar-refractivity contribution in [2.45, 2.75) is 6.42 Å². The highest BCUT2D eigenvalue weighted by Crippen LogP contribution is 2.04. The monoisotopic (exact) mass is 204 g/mol. The number of methoxy groups -OCH3 is 2. The molecule has 0 aromatic rings. The van der Waals surface area contributed by atoms with E-state index in [4.69, 9.17) is 0 Å². The third-order valence-corrected chi connectivity index (χ3v) is 1.92. The van der Waals surface area contributed by atoms with Crippen LogP contribution in [0.25, 0.3) is 0 Å². The van der Waals surface area contributed by atoms with E-state index in [-0.39, 0.29) is 5.97 Å². The van der Waals surface area contributed by atoms with Crippen molar-refractivity contribution in [3.63, 3.8) is 0 Å². The molecule has 4 nitrogen and oxygen atoms in total. The van der Waals surface area contributed by atoms with Crippen molar-refractivity contribution >= 4 is 23.7 Å². The van der Waals surface area contributed by atoms with Crippen molar-refractivity contribution in [2.75, 3.05) is 20.0 Å². The minimum Gasteiger partial charge on any atom is -0.469 e. The molecule has 0 aliphatic carbocycles. The van der Waals surface area contributed by atoms with Gasteiger partial charge in [-0.05, 0) is 5.41 Å². The molecule has 5 heteroatoms. The molecule has 0 fully saturated rings. The Labute approximate surface area is 81.3 Å². The molecule has 0 aliphatic rings. The Kier molecular flexibility index (Phi) is 7.10. The fraction of sp³-hybridized carbons (Fsp3) is 0.500. The first-order valence-corrected chi connectivity index (χ1v) is 4.68. The fourth-order valence-electron chi connectivity index (χ4n) is 0.484. The lowest BCUT2D eigenvalue weighted by atomic mass is 10.5. The lowest BCUT2D eigenvalue weighted by Crippen LogP contribution is -2.00. The van der Waals surface area contributed by atoms with Gasteiger partial charge >= 0.3 is 11.9 Å². The second-order valence-electron chi connectivity index (χ2n) is 2.02. The van der Waals surface area contributed by atoms with Gasteiger partial charge in [-0.15, -0.1) is 11.8 Å². The van der Waals surface area contributed by atoms with Crippen LogP contribution in [-0.4, -0.2) is 31.9 Å². The van der Waals surface area contributed by atoms with E-state index >= 15 is 0 Å². The standard InChI is InChI=1S/C8H12O4S/c1-11-7(9)3-5-13-6-4-8(10)12-2/h3,5H,4,6H2,1-2H3. The molecule has 0 rings (SSSR count). The van der Waals surface area contributed by atoms with E-state index in [0.717, 1.165) is 0 Å². The first-order valence-electron chi connectivity index (χ1n) is 3.63. The largest absolute Gasteiger partial charge is 0.469 e. The Morgan fingerprint density at radius 1 is 1.31 bits per heavy atom. The van der Waals surface area contributed by atoms with Crippen LogP contribution in [0.1, 0.15) is 6.42 Å². The SMILES string of the molecule is COC(=O)C=CSCCC(=O)OC. The summed E-state index contributed by atoms with van der Waals surface area (Å²) in [6.07, 6.45) is 1.65. The number of carbonyl (C=O) groups excluding carboxylic acids is 2. The van der Waals surface area contributed by atoms with E-state index in [1.807, 2.05) is 0 Å². The van der Waals surface area contributed by atoms with Crippen molar-refractivity contribution < 1.29 is 19.1 Å². The molecule has 0 amide bonds. The highest BCUT2D eigenvalue weighted by Gasteiger charge is 1.97. The number of carbonyl (C=O) groups is 2. The van der Waals surface area contributed by atoms with Gasteiger partial charge in [-0.25, -0.2) is 4.79 Å². The zero-order chi connectivity index (χ0) is 10.1. The molecule has 0 saturated carbocycles. The summed E-state index contributed by atoms with van der Waals surface area (Å²) in [6, 6.07) is 0. The molecule has 13 heavy (non-hydrogen) atoms. The molecule has 0 aromatic heterocycles. The first-order chi connectivity index (χ1) is 6.20. The van der Waals surface area contributed by atoms with Crippen LogP contribution < -0.4 is 0 Å². The van der Waals surface area contributed by atoms with Crippen LogP contribution in [0.15, 0.2) is 11.5 Å². The zero-order valence-corrected chi connectivity index (χ0v) is 8.43. The molecule has 0 N–H and O–H groups in total. The fourth-order valence-corrected chi connectivity index (χ4v) is 1.11. The Morgan fingerprint density at radius 3 is 2.54 bits per heavy atom. The van der Waals surface area contributed by atoms with Crippen molar-refractivity contribution in [1.29, 1.82) is 0 Å². The molecule has 0 bridgehead atoms. The zero-order valence-electron chi connectivity index (χ0n) is 7.61. The van der Waals surface area contributed by atoms with Crippen LogP contribution in [-0.2, 0) is 19.1 Å². The number of rotatable bonds is 5. The number of esters is 2. The topological polar surface area (TPSA) is 52.6 Å². The van der Waals surface area contributed by atoms with Gasteiger partial charge in [0.1, 0.15) is 0 Å². The maximum Gasteiger partial charge on any atom is 0.330 e. The average molecular weight is 204 g/mol.